The molecule has 13 heavy (non-hydrogen) atoms. The molecule has 0 saturated heterocycles. The first-order chi connectivity index (χ1) is 5.79. The molecule has 7 heteroatoms. The molecule has 74 valence electrons. The van der Waals surface area contributed by atoms with Gasteiger partial charge in [0.25, 0.3) is 0 Å². The van der Waals surface area contributed by atoms with Crippen LogP contribution >= 0.6 is 0 Å². The van der Waals surface area contributed by atoms with Gasteiger partial charge in [-0.1, -0.05) is 6.07 Å². The molecule has 0 aliphatic carbocycles. The van der Waals surface area contributed by atoms with Crippen molar-refractivity contribution in [3.8, 4) is 11.5 Å². The van der Waals surface area contributed by atoms with E-state index >= 15 is 0 Å². The quantitative estimate of drug-likeness (QED) is 0.409. The summed E-state index contributed by atoms with van der Waals surface area (Å²) in [6.07, 6.45) is 0. The maximum absolute atomic E-state index is 8.73. The minimum absolute atomic E-state index is 0.0880. The van der Waals surface area contributed by atoms with Crippen molar-refractivity contribution in [3.63, 3.8) is 0 Å². The molecule has 0 spiro atoms. The number of rotatable bonds is 0. The van der Waals surface area contributed by atoms with Gasteiger partial charge < -0.3 is 10.2 Å². The first-order valence-electron chi connectivity index (χ1n) is 2.90. The number of halogens is 1. The van der Waals surface area contributed by atoms with E-state index in [2.05, 4.69) is 0 Å². The van der Waals surface area contributed by atoms with Crippen LogP contribution in [-0.4, -0.2) is 13.6 Å². The number of hydrogen-bond donors (Lipinski definition) is 3. The molecule has 0 fully saturated rings. The van der Waals surface area contributed by atoms with Crippen molar-refractivity contribution >= 4 is 0 Å². The Hall–Kier alpha value is -0.610. The van der Waals surface area contributed by atoms with E-state index in [0.717, 1.165) is 0 Å². The van der Waals surface area contributed by atoms with Gasteiger partial charge in [0.05, 0.1) is 0 Å². The van der Waals surface area contributed by atoms with Crippen LogP contribution in [0.1, 0.15) is 0 Å². The molecule has 0 amide bonds. The zero-order valence-electron chi connectivity index (χ0n) is 6.25. The molecule has 0 heterocycles. The standard InChI is InChI=1S/C6H6O2.HIO4/c7-5-2-1-3-6(8)4-5;2-1(3,4)5/h1-4,7-8H;2H. The molecule has 0 aromatic heterocycles. The zero-order valence-corrected chi connectivity index (χ0v) is 8.41. The molecule has 0 aliphatic rings. The molecule has 0 atom stereocenters. The molecule has 1 aromatic carbocycles. The first-order valence-corrected chi connectivity index (χ1v) is 6.51. The van der Waals surface area contributed by atoms with Crippen molar-refractivity contribution < 1.29 is 44.1 Å². The molecule has 0 radical (unpaired) electrons. The van der Waals surface area contributed by atoms with Crippen molar-refractivity contribution in [1.29, 1.82) is 0 Å². The number of phenols is 2. The Morgan fingerprint density at radius 2 is 1.31 bits per heavy atom. The van der Waals surface area contributed by atoms with Crippen molar-refractivity contribution in [2.45, 2.75) is 0 Å². The third kappa shape index (κ3) is 11.4. The van der Waals surface area contributed by atoms with Gasteiger partial charge in [0.15, 0.2) is 0 Å². The minimum Gasteiger partial charge on any atom is -0.508 e. The van der Waals surface area contributed by atoms with Gasteiger partial charge in [-0.05, 0) is 12.1 Å². The van der Waals surface area contributed by atoms with E-state index in [9.17, 15) is 0 Å². The van der Waals surface area contributed by atoms with Crippen LogP contribution < -0.4 is 30.4 Å². The van der Waals surface area contributed by atoms with E-state index < -0.39 is 20.1 Å². The number of aromatic hydroxyl groups is 2. The highest BCUT2D eigenvalue weighted by Crippen LogP contribution is 2.14. The summed E-state index contributed by atoms with van der Waals surface area (Å²) in [4.78, 5) is 0. The van der Waals surface area contributed by atoms with E-state index in [-0.39, 0.29) is 11.5 Å². The fourth-order valence-electron chi connectivity index (χ4n) is 0.493. The highest BCUT2D eigenvalue weighted by atomic mass is 127. The van der Waals surface area contributed by atoms with E-state index in [0.29, 0.717) is 0 Å². The van der Waals surface area contributed by atoms with Crippen molar-refractivity contribution in [2.75, 3.05) is 0 Å². The fourth-order valence-corrected chi connectivity index (χ4v) is 0.493. The molecule has 1 rings (SSSR count). The first kappa shape index (κ1) is 12.4. The van der Waals surface area contributed by atoms with E-state index in [1.807, 2.05) is 0 Å². The van der Waals surface area contributed by atoms with Gasteiger partial charge in [0.1, 0.15) is 11.5 Å². The van der Waals surface area contributed by atoms with Gasteiger partial charge in [-0.3, -0.25) is 10.3 Å². The van der Waals surface area contributed by atoms with Gasteiger partial charge >= 0.3 is 20.1 Å². The average molecular weight is 302 g/mol. The lowest BCUT2D eigenvalue weighted by Gasteiger charge is -1.93. The minimum atomic E-state index is -5.69. The molecule has 0 bridgehead atoms. The Bertz CT molecular complexity index is 234. The van der Waals surface area contributed by atoms with Crippen LogP contribution in [0.5, 0.6) is 11.5 Å². The number of benzene rings is 1. The highest BCUT2D eigenvalue weighted by Gasteiger charge is 2.11. The van der Waals surface area contributed by atoms with Crippen LogP contribution in [0.25, 0.3) is 0 Å². The zero-order chi connectivity index (χ0) is 10.5. The summed E-state index contributed by atoms with van der Waals surface area (Å²) in [6, 6.07) is 5.85. The molecule has 0 unspecified atom stereocenters. The largest absolute Gasteiger partial charge is 0.508 e. The lowest BCUT2D eigenvalue weighted by molar-refractivity contribution is -1.92. The molecule has 0 saturated carbocycles. The average Bonchev–Trinajstić information content (AvgIpc) is 1.81. The van der Waals surface area contributed by atoms with Crippen LogP contribution in [0.15, 0.2) is 24.3 Å². The SMILES string of the molecule is Oc1cccc(O)c1.[O-][I+3]([O-])([O-])O. The van der Waals surface area contributed by atoms with Gasteiger partial charge in [0.2, 0.25) is 0 Å². The number of phenolic OH excluding ortho intramolecular Hbond substituents is 2. The van der Waals surface area contributed by atoms with Crippen molar-refractivity contribution in [2.24, 2.45) is 0 Å². The lowest BCUT2D eigenvalue weighted by atomic mass is 10.3. The third-order valence-corrected chi connectivity index (χ3v) is 0.830. The Balaban J connectivity index is 0.000000252. The summed E-state index contributed by atoms with van der Waals surface area (Å²) in [7, 11) is 0. The lowest BCUT2D eigenvalue weighted by Crippen LogP contribution is -4.23. The highest BCUT2D eigenvalue weighted by molar-refractivity contribution is 5.30. The van der Waals surface area contributed by atoms with E-state index in [1.165, 1.54) is 18.2 Å². The molecule has 1 aromatic rings. The Labute approximate surface area is 80.0 Å². The summed E-state index contributed by atoms with van der Waals surface area (Å²) in [5.74, 6) is 0.176. The molecular formula is C6H7IO6. The van der Waals surface area contributed by atoms with Crippen LogP contribution in [0, 0.1) is 0 Å². The monoisotopic (exact) mass is 302 g/mol. The predicted octanol–water partition coefficient (Wildman–Crippen LogP) is -6.02. The second kappa shape index (κ2) is 5.19. The maximum atomic E-state index is 8.73. The summed E-state index contributed by atoms with van der Waals surface area (Å²) in [5, 5.41) is 17.3. The third-order valence-electron chi connectivity index (χ3n) is 0.830. The second-order valence-corrected chi connectivity index (χ2v) is 4.18. The second-order valence-electron chi connectivity index (χ2n) is 1.92. The topological polar surface area (TPSA) is 130 Å². The van der Waals surface area contributed by atoms with Crippen LogP contribution in [-0.2, 0) is 0 Å². The molecule has 6 nitrogen and oxygen atoms in total. The normalized spacial score (nSPS) is 10.2. The maximum Gasteiger partial charge on any atom is 0.368 e. The Kier molecular flexibility index (Phi) is 4.95. The van der Waals surface area contributed by atoms with Gasteiger partial charge in [-0.15, -0.1) is 0 Å². The molecule has 0 aliphatic heterocycles. The van der Waals surface area contributed by atoms with E-state index in [1.54, 1.807) is 6.07 Å². The van der Waals surface area contributed by atoms with Crippen molar-refractivity contribution in [3.05, 3.63) is 24.3 Å². The summed E-state index contributed by atoms with van der Waals surface area (Å²) >= 11 is -5.69. The molecular weight excluding hydrogens is 295 g/mol. The van der Waals surface area contributed by atoms with E-state index in [4.69, 9.17) is 24.0 Å². The summed E-state index contributed by atoms with van der Waals surface area (Å²) < 4.78 is 33.2. The van der Waals surface area contributed by atoms with Gasteiger partial charge in [0, 0.05) is 9.50 Å². The summed E-state index contributed by atoms with van der Waals surface area (Å²) in [5.41, 5.74) is 0. The number of hydrogen-bond acceptors (Lipinski definition) is 6. The van der Waals surface area contributed by atoms with Crippen LogP contribution in [0.3, 0.4) is 0 Å². The van der Waals surface area contributed by atoms with Crippen LogP contribution in [0.4, 0.5) is 0 Å². The smallest absolute Gasteiger partial charge is 0.368 e. The van der Waals surface area contributed by atoms with Crippen molar-refractivity contribution in [1.82, 2.24) is 0 Å². The van der Waals surface area contributed by atoms with Crippen LogP contribution in [0.2, 0.25) is 0 Å². The Morgan fingerprint density at radius 1 is 1.00 bits per heavy atom. The molecule has 3 N–H and O–H groups in total. The van der Waals surface area contributed by atoms with Gasteiger partial charge in [-0.25, -0.2) is 0 Å². The Morgan fingerprint density at radius 3 is 1.46 bits per heavy atom. The fraction of sp³-hybridized carbons (Fsp3) is 0. The predicted molar refractivity (Wildman–Crippen MR) is 32.0 cm³/mol. The van der Waals surface area contributed by atoms with Gasteiger partial charge in [-0.2, -0.15) is 0 Å². The summed E-state index contributed by atoms with van der Waals surface area (Å²) in [6.45, 7) is 0.